The molecule has 2 rings (SSSR count). The Hall–Kier alpha value is -2.15. The van der Waals surface area contributed by atoms with Crippen LogP contribution in [0, 0.1) is 5.92 Å². The third-order valence-corrected chi connectivity index (χ3v) is 3.53. The molecule has 106 valence electrons. The average molecular weight is 294 g/mol. The summed E-state index contributed by atoms with van der Waals surface area (Å²) in [4.78, 5) is 23.3. The van der Waals surface area contributed by atoms with Gasteiger partial charge < -0.3 is 14.9 Å². The quantitative estimate of drug-likeness (QED) is 0.852. The second-order valence-electron chi connectivity index (χ2n) is 4.47. The molecule has 2 aromatic rings. The Balaban J connectivity index is 1.92. The molecule has 1 atom stereocenters. The number of carboxylic acids is 1. The molecule has 7 heteroatoms. The van der Waals surface area contributed by atoms with Crippen LogP contribution in [0.15, 0.2) is 28.1 Å². The van der Waals surface area contributed by atoms with E-state index < -0.39 is 5.97 Å². The Morgan fingerprint density at radius 2 is 2.35 bits per heavy atom. The average Bonchev–Trinajstić information content (AvgIpc) is 3.04. The standard InChI is InChI=1S/C13H14N2O4S/c1-8(5-12(16)17)7-14-13(18)9-6-10(19-15-9)11-3-2-4-20-11/h2-4,6,8H,5,7H2,1H3,(H,14,18)(H,16,17). The van der Waals surface area contributed by atoms with Gasteiger partial charge in [0.05, 0.1) is 4.88 Å². The van der Waals surface area contributed by atoms with Crippen LogP contribution in [0.5, 0.6) is 0 Å². The molecule has 0 aliphatic rings. The highest BCUT2D eigenvalue weighted by molar-refractivity contribution is 7.13. The highest BCUT2D eigenvalue weighted by atomic mass is 32.1. The molecule has 0 aliphatic heterocycles. The molecular weight excluding hydrogens is 280 g/mol. The van der Waals surface area contributed by atoms with Crippen LogP contribution in [0.4, 0.5) is 0 Å². The van der Waals surface area contributed by atoms with Gasteiger partial charge in [0, 0.05) is 19.0 Å². The van der Waals surface area contributed by atoms with Crippen LogP contribution in [0.1, 0.15) is 23.8 Å². The third kappa shape index (κ3) is 3.67. The maximum Gasteiger partial charge on any atom is 0.303 e. The lowest BCUT2D eigenvalue weighted by Crippen LogP contribution is -2.29. The zero-order chi connectivity index (χ0) is 14.5. The van der Waals surface area contributed by atoms with Gasteiger partial charge >= 0.3 is 5.97 Å². The number of rotatable bonds is 6. The first-order valence-electron chi connectivity index (χ1n) is 6.07. The van der Waals surface area contributed by atoms with E-state index in [0.717, 1.165) is 4.88 Å². The molecule has 0 bridgehead atoms. The van der Waals surface area contributed by atoms with Crippen molar-refractivity contribution in [2.24, 2.45) is 5.92 Å². The fraction of sp³-hybridized carbons (Fsp3) is 0.308. The first-order chi connectivity index (χ1) is 9.56. The van der Waals surface area contributed by atoms with E-state index in [-0.39, 0.29) is 30.5 Å². The predicted octanol–water partition coefficient (Wildman–Crippen LogP) is 2.24. The second-order valence-corrected chi connectivity index (χ2v) is 5.41. The van der Waals surface area contributed by atoms with E-state index in [4.69, 9.17) is 9.63 Å². The summed E-state index contributed by atoms with van der Waals surface area (Å²) in [7, 11) is 0. The number of nitrogens with zero attached hydrogens (tertiary/aromatic N) is 1. The molecular formula is C13H14N2O4S. The van der Waals surface area contributed by atoms with E-state index in [1.165, 1.54) is 11.3 Å². The first-order valence-corrected chi connectivity index (χ1v) is 6.95. The summed E-state index contributed by atoms with van der Waals surface area (Å²) in [5.41, 5.74) is 0.191. The number of carbonyl (C=O) groups is 2. The number of carbonyl (C=O) groups excluding carboxylic acids is 1. The normalized spacial score (nSPS) is 12.1. The molecule has 0 aliphatic carbocycles. The number of carboxylic acid groups (broad SMARTS) is 1. The molecule has 2 aromatic heterocycles. The molecule has 0 saturated heterocycles. The summed E-state index contributed by atoms with van der Waals surface area (Å²) in [5.74, 6) is -0.842. The van der Waals surface area contributed by atoms with Crippen molar-refractivity contribution < 1.29 is 19.2 Å². The number of thiophene rings is 1. The van der Waals surface area contributed by atoms with Gasteiger partial charge in [0.2, 0.25) is 0 Å². The summed E-state index contributed by atoms with van der Waals surface area (Å²) < 4.78 is 5.11. The van der Waals surface area contributed by atoms with E-state index in [0.29, 0.717) is 5.76 Å². The highest BCUT2D eigenvalue weighted by Crippen LogP contribution is 2.24. The summed E-state index contributed by atoms with van der Waals surface area (Å²) in [6.07, 6.45) is 0.0134. The summed E-state index contributed by atoms with van der Waals surface area (Å²) in [6, 6.07) is 5.33. The summed E-state index contributed by atoms with van der Waals surface area (Å²) in [6.45, 7) is 2.04. The van der Waals surface area contributed by atoms with E-state index in [1.807, 2.05) is 17.5 Å². The number of amides is 1. The van der Waals surface area contributed by atoms with Crippen molar-refractivity contribution in [3.63, 3.8) is 0 Å². The number of hydrogen-bond acceptors (Lipinski definition) is 5. The highest BCUT2D eigenvalue weighted by Gasteiger charge is 2.15. The molecule has 2 N–H and O–H groups in total. The molecule has 0 saturated carbocycles. The predicted molar refractivity (Wildman–Crippen MR) is 73.6 cm³/mol. The smallest absolute Gasteiger partial charge is 0.303 e. The first kappa shape index (κ1) is 14.3. The molecule has 6 nitrogen and oxygen atoms in total. The van der Waals surface area contributed by atoms with Gasteiger partial charge in [0.1, 0.15) is 0 Å². The van der Waals surface area contributed by atoms with Crippen molar-refractivity contribution in [2.45, 2.75) is 13.3 Å². The molecule has 0 aromatic carbocycles. The lowest BCUT2D eigenvalue weighted by atomic mass is 10.1. The van der Waals surface area contributed by atoms with Gasteiger partial charge in [0.15, 0.2) is 11.5 Å². The fourth-order valence-corrected chi connectivity index (χ4v) is 2.32. The van der Waals surface area contributed by atoms with E-state index in [2.05, 4.69) is 10.5 Å². The van der Waals surface area contributed by atoms with Gasteiger partial charge in [-0.25, -0.2) is 0 Å². The summed E-state index contributed by atoms with van der Waals surface area (Å²) in [5, 5.41) is 16.9. The Labute approximate surface area is 119 Å². The Kier molecular flexibility index (Phi) is 4.52. The Morgan fingerprint density at radius 3 is 3.00 bits per heavy atom. The van der Waals surface area contributed by atoms with Gasteiger partial charge in [-0.15, -0.1) is 11.3 Å². The Bertz CT molecular complexity index is 591. The van der Waals surface area contributed by atoms with Crippen LogP contribution in [-0.4, -0.2) is 28.7 Å². The Morgan fingerprint density at radius 1 is 1.55 bits per heavy atom. The molecule has 0 spiro atoms. The lowest BCUT2D eigenvalue weighted by Gasteiger charge is -2.08. The lowest BCUT2D eigenvalue weighted by molar-refractivity contribution is -0.137. The minimum Gasteiger partial charge on any atom is -0.481 e. The zero-order valence-corrected chi connectivity index (χ0v) is 11.6. The molecule has 0 radical (unpaired) electrons. The maximum atomic E-state index is 11.8. The van der Waals surface area contributed by atoms with Crippen LogP contribution in [0.25, 0.3) is 10.6 Å². The second kappa shape index (κ2) is 6.33. The topological polar surface area (TPSA) is 92.4 Å². The molecule has 2 heterocycles. The summed E-state index contributed by atoms with van der Waals surface area (Å²) >= 11 is 1.50. The van der Waals surface area contributed by atoms with Crippen molar-refractivity contribution in [3.05, 3.63) is 29.3 Å². The fourth-order valence-electron chi connectivity index (χ4n) is 1.64. The minimum atomic E-state index is -0.881. The maximum absolute atomic E-state index is 11.8. The number of hydrogen-bond donors (Lipinski definition) is 2. The number of aromatic nitrogens is 1. The van der Waals surface area contributed by atoms with Crippen molar-refractivity contribution in [1.29, 1.82) is 0 Å². The minimum absolute atomic E-state index is 0.0134. The largest absolute Gasteiger partial charge is 0.481 e. The van der Waals surface area contributed by atoms with Crippen molar-refractivity contribution in [2.75, 3.05) is 6.54 Å². The van der Waals surface area contributed by atoms with Gasteiger partial charge in [-0.2, -0.15) is 0 Å². The van der Waals surface area contributed by atoms with Crippen LogP contribution in [0.2, 0.25) is 0 Å². The number of aliphatic carboxylic acids is 1. The van der Waals surface area contributed by atoms with Crippen LogP contribution in [0.3, 0.4) is 0 Å². The zero-order valence-electron chi connectivity index (χ0n) is 10.8. The molecule has 0 fully saturated rings. The van der Waals surface area contributed by atoms with Gasteiger partial charge in [-0.1, -0.05) is 18.1 Å². The van der Waals surface area contributed by atoms with E-state index in [9.17, 15) is 9.59 Å². The van der Waals surface area contributed by atoms with Crippen molar-refractivity contribution >= 4 is 23.2 Å². The van der Waals surface area contributed by atoms with E-state index >= 15 is 0 Å². The monoisotopic (exact) mass is 294 g/mol. The molecule has 1 unspecified atom stereocenters. The SMILES string of the molecule is CC(CNC(=O)c1cc(-c2cccs2)on1)CC(=O)O. The molecule has 1 amide bonds. The van der Waals surface area contributed by atoms with Gasteiger partial charge in [-0.05, 0) is 17.4 Å². The molecule has 20 heavy (non-hydrogen) atoms. The van der Waals surface area contributed by atoms with Crippen LogP contribution in [-0.2, 0) is 4.79 Å². The van der Waals surface area contributed by atoms with Gasteiger partial charge in [-0.3, -0.25) is 9.59 Å². The third-order valence-electron chi connectivity index (χ3n) is 2.64. The van der Waals surface area contributed by atoms with Crippen molar-refractivity contribution in [1.82, 2.24) is 10.5 Å². The van der Waals surface area contributed by atoms with Crippen LogP contribution >= 0.6 is 11.3 Å². The number of nitrogens with one attached hydrogen (secondary N) is 1. The van der Waals surface area contributed by atoms with Gasteiger partial charge in [0.25, 0.3) is 5.91 Å². The van der Waals surface area contributed by atoms with Crippen molar-refractivity contribution in [3.8, 4) is 10.6 Å². The van der Waals surface area contributed by atoms with Crippen LogP contribution < -0.4 is 5.32 Å². The van der Waals surface area contributed by atoms with E-state index in [1.54, 1.807) is 13.0 Å².